The third kappa shape index (κ3) is 5.08. The predicted octanol–water partition coefficient (Wildman–Crippen LogP) is 6.35. The quantitative estimate of drug-likeness (QED) is 0.345. The number of carbonyl (C=O) groups is 1. The van der Waals surface area contributed by atoms with Crippen molar-refractivity contribution in [3.05, 3.63) is 83.9 Å². The Kier molecular flexibility index (Phi) is 7.16. The fourth-order valence-corrected chi connectivity index (χ4v) is 6.87. The van der Waals surface area contributed by atoms with E-state index in [-0.39, 0.29) is 25.2 Å². The van der Waals surface area contributed by atoms with E-state index in [0.29, 0.717) is 0 Å². The van der Waals surface area contributed by atoms with Crippen LogP contribution in [0.5, 0.6) is 0 Å². The van der Waals surface area contributed by atoms with E-state index in [2.05, 4.69) is 11.9 Å². The molecule has 0 aromatic heterocycles. The number of amides is 1. The first-order chi connectivity index (χ1) is 15.1. The fraction of sp³-hybridized carbons (Fsp3) is 0.348. The molecule has 0 bridgehead atoms. The van der Waals surface area contributed by atoms with Gasteiger partial charge in [-0.05, 0) is 30.5 Å². The molecular formula is C23H25F3NO4P. The summed E-state index contributed by atoms with van der Waals surface area (Å²) in [5, 5.41) is 1.28. The molecule has 32 heavy (non-hydrogen) atoms. The van der Waals surface area contributed by atoms with Gasteiger partial charge in [-0.15, -0.1) is 6.58 Å². The fourth-order valence-electron chi connectivity index (χ4n) is 3.78. The molecule has 1 fully saturated rings. The van der Waals surface area contributed by atoms with Gasteiger partial charge in [0.05, 0.1) is 18.3 Å². The number of ether oxygens (including phenoxy) is 1. The zero-order chi connectivity index (χ0) is 23.4. The molecule has 3 unspecified atom stereocenters. The molecule has 1 aliphatic carbocycles. The lowest BCUT2D eigenvalue weighted by Gasteiger charge is -2.29. The van der Waals surface area contributed by atoms with E-state index in [0.717, 1.165) is 11.6 Å². The van der Waals surface area contributed by atoms with Gasteiger partial charge in [-0.2, -0.15) is 13.2 Å². The Hall–Kier alpha value is -2.57. The second-order valence-electron chi connectivity index (χ2n) is 7.56. The van der Waals surface area contributed by atoms with Crippen molar-refractivity contribution in [2.24, 2.45) is 5.92 Å². The topological polar surface area (TPSA) is 64.6 Å². The van der Waals surface area contributed by atoms with Crippen molar-refractivity contribution in [2.45, 2.75) is 37.6 Å². The third-order valence-corrected chi connectivity index (χ3v) is 8.72. The van der Waals surface area contributed by atoms with E-state index >= 15 is 0 Å². The van der Waals surface area contributed by atoms with Crippen LogP contribution in [0, 0.1) is 5.92 Å². The first-order valence-corrected chi connectivity index (χ1v) is 12.0. The Morgan fingerprint density at radius 1 is 1.22 bits per heavy atom. The highest BCUT2D eigenvalue weighted by Gasteiger charge is 2.66. The van der Waals surface area contributed by atoms with Crippen molar-refractivity contribution in [1.29, 1.82) is 0 Å². The predicted molar refractivity (Wildman–Crippen MR) is 115 cm³/mol. The lowest BCUT2D eigenvalue weighted by Crippen LogP contribution is -2.39. The van der Waals surface area contributed by atoms with Crippen molar-refractivity contribution in [1.82, 2.24) is 5.32 Å². The Labute approximate surface area is 185 Å². The minimum atomic E-state index is -4.61. The normalized spacial score (nSPS) is 21.9. The molecule has 1 amide bonds. The first kappa shape index (κ1) is 24.1. The van der Waals surface area contributed by atoms with Crippen LogP contribution in [-0.2, 0) is 32.8 Å². The van der Waals surface area contributed by atoms with Gasteiger partial charge in [0.1, 0.15) is 11.9 Å². The zero-order valence-electron chi connectivity index (χ0n) is 17.6. The summed E-state index contributed by atoms with van der Waals surface area (Å²) in [4.78, 5) is 12.5. The number of benzene rings is 2. The van der Waals surface area contributed by atoms with Gasteiger partial charge in [0.15, 0.2) is 0 Å². The summed E-state index contributed by atoms with van der Waals surface area (Å²) in [6.45, 7) is 5.32. The highest BCUT2D eigenvalue weighted by molar-refractivity contribution is 7.60. The second-order valence-corrected chi connectivity index (χ2v) is 10.3. The molecule has 9 heteroatoms. The number of nitrogens with one attached hydrogen (secondary N) is 1. The molecule has 0 aliphatic heterocycles. The number of alkyl carbamates (subject to hydrolysis) is 1. The molecule has 1 N–H and O–H groups in total. The molecule has 3 rings (SSSR count). The van der Waals surface area contributed by atoms with Crippen LogP contribution >= 0.6 is 7.37 Å². The minimum absolute atomic E-state index is 0.00263. The molecule has 0 heterocycles. The van der Waals surface area contributed by atoms with Crippen molar-refractivity contribution in [3.63, 3.8) is 0 Å². The summed E-state index contributed by atoms with van der Waals surface area (Å²) in [5.41, 5.74) is -0.261. The van der Waals surface area contributed by atoms with E-state index in [1.165, 1.54) is 24.3 Å². The standard InChI is InChI=1S/C23H25F3NO4P/c1-3-19-14-22(19,27-21(28)30-15-17-10-6-5-7-11-17)32(29,31-4-2)16-18-12-8-9-13-20(18)23(24,25)26/h3,5-13,19H,1,4,14-16H2,2H3,(H,27,28). The first-order valence-electron chi connectivity index (χ1n) is 10.2. The summed E-state index contributed by atoms with van der Waals surface area (Å²) in [6, 6.07) is 13.9. The van der Waals surface area contributed by atoms with Crippen LogP contribution in [0.1, 0.15) is 30.0 Å². The molecule has 2 aromatic carbocycles. The van der Waals surface area contributed by atoms with E-state index in [1.54, 1.807) is 31.2 Å². The van der Waals surface area contributed by atoms with Crippen LogP contribution in [0.25, 0.3) is 0 Å². The molecular weight excluding hydrogens is 442 g/mol. The van der Waals surface area contributed by atoms with Gasteiger partial charge in [0, 0.05) is 5.92 Å². The average Bonchev–Trinajstić information content (AvgIpc) is 3.47. The largest absolute Gasteiger partial charge is 0.445 e. The number of rotatable bonds is 9. The van der Waals surface area contributed by atoms with E-state index < -0.39 is 42.6 Å². The van der Waals surface area contributed by atoms with Gasteiger partial charge in [-0.25, -0.2) is 4.79 Å². The van der Waals surface area contributed by atoms with Crippen molar-refractivity contribution in [2.75, 3.05) is 6.61 Å². The van der Waals surface area contributed by atoms with Gasteiger partial charge >= 0.3 is 12.3 Å². The van der Waals surface area contributed by atoms with Crippen LogP contribution < -0.4 is 5.32 Å². The number of halogens is 3. The van der Waals surface area contributed by atoms with Crippen molar-refractivity contribution < 1.29 is 31.8 Å². The molecule has 3 atom stereocenters. The smallest absolute Gasteiger partial charge is 0.416 e. The average molecular weight is 467 g/mol. The molecule has 0 radical (unpaired) electrons. The highest BCUT2D eigenvalue weighted by Crippen LogP contribution is 2.73. The number of carbonyl (C=O) groups excluding carboxylic acids is 1. The van der Waals surface area contributed by atoms with Crippen LogP contribution in [0.3, 0.4) is 0 Å². The van der Waals surface area contributed by atoms with Gasteiger partial charge < -0.3 is 14.6 Å². The molecule has 5 nitrogen and oxygen atoms in total. The second kappa shape index (κ2) is 9.51. The maximum Gasteiger partial charge on any atom is 0.416 e. The number of hydrogen-bond donors (Lipinski definition) is 1. The van der Waals surface area contributed by atoms with Crippen LogP contribution in [0.15, 0.2) is 67.3 Å². The Bertz CT molecular complexity index is 1010. The Balaban J connectivity index is 1.85. The van der Waals surface area contributed by atoms with E-state index in [1.807, 2.05) is 6.07 Å². The Morgan fingerprint density at radius 2 is 1.88 bits per heavy atom. The molecule has 172 valence electrons. The van der Waals surface area contributed by atoms with Gasteiger partial charge in [-0.1, -0.05) is 54.6 Å². The van der Waals surface area contributed by atoms with E-state index in [4.69, 9.17) is 9.26 Å². The van der Waals surface area contributed by atoms with Crippen LogP contribution in [-0.4, -0.2) is 18.0 Å². The summed E-state index contributed by atoms with van der Waals surface area (Å²) in [5.74, 6) is -0.415. The van der Waals surface area contributed by atoms with Crippen molar-refractivity contribution >= 4 is 13.5 Å². The van der Waals surface area contributed by atoms with Crippen LogP contribution in [0.2, 0.25) is 0 Å². The monoisotopic (exact) mass is 467 g/mol. The summed E-state index contributed by atoms with van der Waals surface area (Å²) in [6.07, 6.45) is -4.13. The lowest BCUT2D eigenvalue weighted by molar-refractivity contribution is -0.138. The zero-order valence-corrected chi connectivity index (χ0v) is 18.5. The maximum absolute atomic E-state index is 14.0. The minimum Gasteiger partial charge on any atom is -0.445 e. The lowest BCUT2D eigenvalue weighted by atomic mass is 10.1. The molecule has 0 spiro atoms. The number of hydrogen-bond acceptors (Lipinski definition) is 4. The SMILES string of the molecule is C=CC1CC1(NC(=O)OCc1ccccc1)P(=O)(Cc1ccccc1C(F)(F)F)OCC. The number of alkyl halides is 3. The summed E-state index contributed by atoms with van der Waals surface area (Å²) >= 11 is 0. The Morgan fingerprint density at radius 3 is 2.47 bits per heavy atom. The third-order valence-electron chi connectivity index (χ3n) is 5.45. The summed E-state index contributed by atoms with van der Waals surface area (Å²) < 4.78 is 65.4. The van der Waals surface area contributed by atoms with Gasteiger partial charge in [0.25, 0.3) is 0 Å². The van der Waals surface area contributed by atoms with Gasteiger partial charge in [-0.3, -0.25) is 4.57 Å². The molecule has 2 aromatic rings. The maximum atomic E-state index is 14.0. The van der Waals surface area contributed by atoms with E-state index in [9.17, 15) is 22.5 Å². The van der Waals surface area contributed by atoms with Crippen LogP contribution in [0.4, 0.5) is 18.0 Å². The molecule has 0 saturated heterocycles. The van der Waals surface area contributed by atoms with Crippen molar-refractivity contribution in [3.8, 4) is 0 Å². The van der Waals surface area contributed by atoms with Gasteiger partial charge in [0.2, 0.25) is 7.37 Å². The highest BCUT2D eigenvalue weighted by atomic mass is 31.2. The summed E-state index contributed by atoms with van der Waals surface area (Å²) in [7, 11) is -3.83. The molecule has 1 aliphatic rings. The molecule has 1 saturated carbocycles.